The number of sulfonamides is 1. The van der Waals surface area contributed by atoms with Gasteiger partial charge in [-0.3, -0.25) is 5.43 Å². The number of anilines is 1. The number of hydrogen-bond acceptors (Lipinski definition) is 6. The number of aromatic nitrogens is 1. The highest BCUT2D eigenvalue weighted by Crippen LogP contribution is 2.28. The Balaban J connectivity index is 1.76. The van der Waals surface area contributed by atoms with Crippen LogP contribution in [0.25, 0.3) is 11.3 Å². The summed E-state index contributed by atoms with van der Waals surface area (Å²) < 4.78 is 27.7. The minimum atomic E-state index is -3.54. The molecule has 0 radical (unpaired) electrons. The van der Waals surface area contributed by atoms with Crippen LogP contribution in [0.4, 0.5) is 5.13 Å². The lowest BCUT2D eigenvalue weighted by molar-refractivity contribution is 0.410. The number of halogens is 1. The molecular formula is C22H25ClN4O2S2. The zero-order chi connectivity index (χ0) is 22.3. The van der Waals surface area contributed by atoms with Crippen molar-refractivity contribution in [3.05, 3.63) is 64.5 Å². The first-order valence-corrected chi connectivity index (χ1v) is 12.7. The second-order valence-corrected chi connectivity index (χ2v) is 10.1. The summed E-state index contributed by atoms with van der Waals surface area (Å²) in [7, 11) is -3.54. The molecule has 0 saturated heterocycles. The van der Waals surface area contributed by atoms with Crippen LogP contribution < -0.4 is 5.43 Å². The van der Waals surface area contributed by atoms with E-state index >= 15 is 0 Å². The molecule has 2 aromatic carbocycles. The van der Waals surface area contributed by atoms with Crippen molar-refractivity contribution < 1.29 is 8.42 Å². The lowest BCUT2D eigenvalue weighted by Crippen LogP contribution is -2.32. The Morgan fingerprint density at radius 3 is 2.58 bits per heavy atom. The fraction of sp³-hybridized carbons (Fsp3) is 0.273. The van der Waals surface area contributed by atoms with Gasteiger partial charge in [-0.25, -0.2) is 13.4 Å². The third kappa shape index (κ3) is 6.13. The zero-order valence-corrected chi connectivity index (χ0v) is 19.8. The molecule has 1 heterocycles. The fourth-order valence-electron chi connectivity index (χ4n) is 3.02. The molecule has 0 aliphatic carbocycles. The van der Waals surface area contributed by atoms with Crippen molar-refractivity contribution >= 4 is 44.3 Å². The van der Waals surface area contributed by atoms with Gasteiger partial charge >= 0.3 is 0 Å². The quantitative estimate of drug-likeness (QED) is 0.300. The first-order chi connectivity index (χ1) is 14.9. The van der Waals surface area contributed by atoms with Gasteiger partial charge < -0.3 is 0 Å². The Hall–Kier alpha value is -2.26. The normalized spacial score (nSPS) is 12.0. The van der Waals surface area contributed by atoms with E-state index in [0.717, 1.165) is 24.0 Å². The first kappa shape index (κ1) is 23.4. The van der Waals surface area contributed by atoms with Crippen molar-refractivity contribution in [2.75, 3.05) is 18.5 Å². The lowest BCUT2D eigenvalue weighted by atomic mass is 10.2. The fourth-order valence-corrected chi connectivity index (χ4v) is 5.56. The summed E-state index contributed by atoms with van der Waals surface area (Å²) in [4.78, 5) is 4.81. The minimum absolute atomic E-state index is 0.286. The van der Waals surface area contributed by atoms with E-state index in [2.05, 4.69) is 15.5 Å². The van der Waals surface area contributed by atoms with Crippen LogP contribution in [0.5, 0.6) is 0 Å². The Kier molecular flexibility index (Phi) is 8.20. The number of nitrogens with zero attached hydrogens (tertiary/aromatic N) is 3. The molecule has 3 aromatic rings. The van der Waals surface area contributed by atoms with E-state index in [0.29, 0.717) is 28.9 Å². The van der Waals surface area contributed by atoms with E-state index < -0.39 is 10.0 Å². The molecule has 0 spiro atoms. The van der Waals surface area contributed by atoms with Crippen LogP contribution in [-0.4, -0.2) is 37.0 Å². The van der Waals surface area contributed by atoms with E-state index in [-0.39, 0.29) is 4.90 Å². The van der Waals surface area contributed by atoms with Gasteiger partial charge in [0.2, 0.25) is 15.2 Å². The first-order valence-electron chi connectivity index (χ1n) is 10.0. The number of rotatable bonds is 10. The molecule has 164 valence electrons. The summed E-state index contributed by atoms with van der Waals surface area (Å²) in [5.74, 6) is 0. The monoisotopic (exact) mass is 476 g/mol. The maximum Gasteiger partial charge on any atom is 0.243 e. The predicted octanol–water partition coefficient (Wildman–Crippen LogP) is 5.72. The third-order valence-electron chi connectivity index (χ3n) is 4.44. The van der Waals surface area contributed by atoms with Gasteiger partial charge in [0.15, 0.2) is 0 Å². The van der Waals surface area contributed by atoms with Crippen molar-refractivity contribution in [2.24, 2.45) is 5.10 Å². The molecule has 1 N–H and O–H groups in total. The van der Waals surface area contributed by atoms with Crippen LogP contribution in [-0.2, 0) is 10.0 Å². The highest BCUT2D eigenvalue weighted by atomic mass is 35.5. The van der Waals surface area contributed by atoms with Crippen molar-refractivity contribution in [1.82, 2.24) is 9.29 Å². The summed E-state index contributed by atoms with van der Waals surface area (Å²) in [5.41, 5.74) is 5.22. The van der Waals surface area contributed by atoms with E-state index in [1.807, 2.05) is 43.5 Å². The predicted molar refractivity (Wildman–Crippen MR) is 130 cm³/mol. The Morgan fingerprint density at radius 2 is 1.87 bits per heavy atom. The minimum Gasteiger partial charge on any atom is -0.253 e. The lowest BCUT2D eigenvalue weighted by Gasteiger charge is -2.21. The molecule has 0 saturated carbocycles. The van der Waals surface area contributed by atoms with Crippen LogP contribution in [0.3, 0.4) is 0 Å². The number of benzene rings is 2. The molecule has 1 aromatic heterocycles. The summed E-state index contributed by atoms with van der Waals surface area (Å²) in [6.07, 6.45) is 3.21. The summed E-state index contributed by atoms with van der Waals surface area (Å²) >= 11 is 7.37. The van der Waals surface area contributed by atoms with Gasteiger partial charge in [0.1, 0.15) is 0 Å². The van der Waals surface area contributed by atoms with Crippen molar-refractivity contribution in [3.63, 3.8) is 0 Å². The maximum absolute atomic E-state index is 13.1. The van der Waals surface area contributed by atoms with Gasteiger partial charge in [-0.1, -0.05) is 49.7 Å². The topological polar surface area (TPSA) is 74.7 Å². The smallest absolute Gasteiger partial charge is 0.243 e. The molecule has 0 aliphatic rings. The van der Waals surface area contributed by atoms with Gasteiger partial charge in [0.25, 0.3) is 0 Å². The third-order valence-corrected chi connectivity index (χ3v) is 7.32. The summed E-state index contributed by atoms with van der Waals surface area (Å²) in [5, 5.41) is 7.32. The Morgan fingerprint density at radius 1 is 1.13 bits per heavy atom. The van der Waals surface area contributed by atoms with E-state index in [9.17, 15) is 8.42 Å². The van der Waals surface area contributed by atoms with Gasteiger partial charge in [0.05, 0.1) is 16.8 Å². The average molecular weight is 477 g/mol. The molecule has 0 fully saturated rings. The van der Waals surface area contributed by atoms with Crippen LogP contribution in [0, 0.1) is 0 Å². The van der Waals surface area contributed by atoms with Crippen LogP contribution in [0.2, 0.25) is 5.02 Å². The van der Waals surface area contributed by atoms with Crippen molar-refractivity contribution in [3.8, 4) is 11.3 Å². The van der Waals surface area contributed by atoms with E-state index in [4.69, 9.17) is 11.6 Å². The molecule has 0 atom stereocenters. The highest BCUT2D eigenvalue weighted by Gasteiger charge is 2.23. The SMILES string of the molecule is CCCN(CCC)S(=O)(=O)c1cccc(-c2csc(N/N=C/c3cccc(Cl)c3)n2)c1. The molecule has 3 rings (SSSR count). The highest BCUT2D eigenvalue weighted by molar-refractivity contribution is 7.89. The number of thiazole rings is 1. The van der Waals surface area contributed by atoms with Crippen molar-refractivity contribution in [2.45, 2.75) is 31.6 Å². The molecule has 9 heteroatoms. The van der Waals surface area contributed by atoms with E-state index in [1.54, 1.807) is 34.8 Å². The maximum atomic E-state index is 13.1. The molecule has 6 nitrogen and oxygen atoms in total. The molecular weight excluding hydrogens is 452 g/mol. The largest absolute Gasteiger partial charge is 0.253 e. The standard InChI is InChI=1S/C22H25ClN4O2S2/c1-3-11-27(12-4-2)31(28,29)20-10-6-8-18(14-20)21-16-30-22(25-21)26-24-15-17-7-5-9-19(23)13-17/h5-10,13-16H,3-4,11-12H2,1-2H3,(H,25,26)/b24-15+. The molecule has 31 heavy (non-hydrogen) atoms. The molecule has 0 aliphatic heterocycles. The zero-order valence-electron chi connectivity index (χ0n) is 17.5. The van der Waals surface area contributed by atoms with Gasteiger partial charge in [-0.05, 0) is 42.7 Å². The van der Waals surface area contributed by atoms with Crippen LogP contribution >= 0.6 is 22.9 Å². The molecule has 0 bridgehead atoms. The van der Waals surface area contributed by atoms with Gasteiger partial charge in [0, 0.05) is 29.1 Å². The Bertz CT molecular complexity index is 1140. The number of hydrogen-bond donors (Lipinski definition) is 1. The van der Waals surface area contributed by atoms with Crippen LogP contribution in [0.1, 0.15) is 32.3 Å². The van der Waals surface area contributed by atoms with Crippen molar-refractivity contribution in [1.29, 1.82) is 0 Å². The van der Waals surface area contributed by atoms with Gasteiger partial charge in [-0.2, -0.15) is 9.41 Å². The van der Waals surface area contributed by atoms with Gasteiger partial charge in [-0.15, -0.1) is 11.3 Å². The average Bonchev–Trinajstić information content (AvgIpc) is 3.23. The Labute approximate surface area is 192 Å². The summed E-state index contributed by atoms with van der Waals surface area (Å²) in [6, 6.07) is 14.3. The second-order valence-electron chi connectivity index (χ2n) is 6.89. The second kappa shape index (κ2) is 10.9. The summed E-state index contributed by atoms with van der Waals surface area (Å²) in [6.45, 7) is 4.98. The molecule has 0 amide bonds. The van der Waals surface area contributed by atoms with E-state index in [1.165, 1.54) is 11.3 Å². The molecule has 0 unspecified atom stereocenters. The van der Waals surface area contributed by atoms with Crippen LogP contribution in [0.15, 0.2) is 63.9 Å². The number of nitrogens with one attached hydrogen (secondary N) is 1. The number of hydrazone groups is 1.